The van der Waals surface area contributed by atoms with Crippen LogP contribution >= 0.6 is 0 Å². The number of fused-ring (bicyclic) bond motifs is 1. The Hall–Kier alpha value is -3.32. The van der Waals surface area contributed by atoms with Crippen LogP contribution < -0.4 is 10.9 Å². The van der Waals surface area contributed by atoms with Gasteiger partial charge >= 0.3 is 0 Å². The Bertz CT molecular complexity index is 1110. The molecule has 4 rings (SSSR count). The average molecular weight is 393 g/mol. The first-order chi connectivity index (χ1) is 13.8. The molecule has 1 aromatic heterocycles. The van der Waals surface area contributed by atoms with E-state index in [0.717, 1.165) is 5.56 Å². The number of para-hydroxylation sites is 1. The second-order valence-electron chi connectivity index (χ2n) is 7.86. The molecule has 2 aromatic carbocycles. The average Bonchev–Trinajstić information content (AvgIpc) is 3.02. The molecule has 0 fully saturated rings. The Morgan fingerprint density at radius 3 is 2.52 bits per heavy atom. The number of aromatic amines is 2. The normalized spacial score (nSPS) is 23.4. The summed E-state index contributed by atoms with van der Waals surface area (Å²) >= 11 is 0. The van der Waals surface area contributed by atoms with Crippen molar-refractivity contribution in [2.75, 3.05) is 5.32 Å². The lowest BCUT2D eigenvalue weighted by atomic mass is 9.66. The van der Waals surface area contributed by atoms with Crippen LogP contribution in [0.4, 0.5) is 5.69 Å². The Kier molecular flexibility index (Phi) is 4.55. The van der Waals surface area contributed by atoms with Gasteiger partial charge in [-0.25, -0.2) is 0 Å². The number of benzene rings is 2. The SMILES string of the molecule is Cc1ccccc1NC(=O)[C@@H]1[C@H](c2ccc(O)cc2)c2c([nH][nH]c2=O)C[C@@]1(C)O. The quantitative estimate of drug-likeness (QED) is 0.470. The first-order valence-corrected chi connectivity index (χ1v) is 9.45. The van der Waals surface area contributed by atoms with Crippen molar-refractivity contribution in [2.24, 2.45) is 5.92 Å². The van der Waals surface area contributed by atoms with Crippen LogP contribution in [0.25, 0.3) is 0 Å². The van der Waals surface area contributed by atoms with Crippen LogP contribution in [0, 0.1) is 12.8 Å². The van der Waals surface area contributed by atoms with Gasteiger partial charge in [-0.3, -0.25) is 14.7 Å². The van der Waals surface area contributed by atoms with Crippen molar-refractivity contribution in [3.8, 4) is 5.75 Å². The number of phenols is 1. The summed E-state index contributed by atoms with van der Waals surface area (Å²) in [7, 11) is 0. The molecule has 0 saturated carbocycles. The number of aryl methyl sites for hydroxylation is 1. The maximum Gasteiger partial charge on any atom is 0.267 e. The van der Waals surface area contributed by atoms with Crippen molar-refractivity contribution in [1.82, 2.24) is 10.2 Å². The van der Waals surface area contributed by atoms with E-state index in [4.69, 9.17) is 0 Å². The topological polar surface area (TPSA) is 118 Å². The van der Waals surface area contributed by atoms with Crippen LogP contribution in [0.1, 0.15) is 35.2 Å². The lowest BCUT2D eigenvalue weighted by Gasteiger charge is -2.41. The first-order valence-electron chi connectivity index (χ1n) is 9.45. The predicted octanol–water partition coefficient (Wildman–Crippen LogP) is 2.41. The predicted molar refractivity (Wildman–Crippen MR) is 109 cm³/mol. The molecule has 5 N–H and O–H groups in total. The minimum atomic E-state index is -1.40. The molecule has 0 radical (unpaired) electrons. The third kappa shape index (κ3) is 3.34. The van der Waals surface area contributed by atoms with E-state index < -0.39 is 17.4 Å². The summed E-state index contributed by atoms with van der Waals surface area (Å²) in [6, 6.07) is 13.8. The number of carbonyl (C=O) groups is 1. The molecule has 150 valence electrons. The molecule has 0 aliphatic heterocycles. The highest BCUT2D eigenvalue weighted by Crippen LogP contribution is 2.44. The van der Waals surface area contributed by atoms with Crippen molar-refractivity contribution in [3.05, 3.63) is 81.3 Å². The maximum atomic E-state index is 13.4. The largest absolute Gasteiger partial charge is 0.508 e. The molecule has 0 saturated heterocycles. The fraction of sp³-hybridized carbons (Fsp3) is 0.273. The van der Waals surface area contributed by atoms with Crippen LogP contribution in [0.3, 0.4) is 0 Å². The van der Waals surface area contributed by atoms with Crippen LogP contribution in [-0.4, -0.2) is 31.9 Å². The van der Waals surface area contributed by atoms with Crippen molar-refractivity contribution >= 4 is 11.6 Å². The van der Waals surface area contributed by atoms with Gasteiger partial charge in [0, 0.05) is 29.3 Å². The lowest BCUT2D eigenvalue weighted by Crippen LogP contribution is -2.51. The van der Waals surface area contributed by atoms with Gasteiger partial charge in [0.2, 0.25) is 5.91 Å². The van der Waals surface area contributed by atoms with Gasteiger partial charge in [-0.1, -0.05) is 30.3 Å². The number of hydrogen-bond donors (Lipinski definition) is 5. The Balaban J connectivity index is 1.83. The van der Waals surface area contributed by atoms with Crippen molar-refractivity contribution < 1.29 is 15.0 Å². The summed E-state index contributed by atoms with van der Waals surface area (Å²) in [5.41, 5.74) is 1.53. The van der Waals surface area contributed by atoms with Gasteiger partial charge < -0.3 is 20.6 Å². The Morgan fingerprint density at radius 2 is 1.83 bits per heavy atom. The monoisotopic (exact) mass is 393 g/mol. The molecule has 1 heterocycles. The Labute approximate surface area is 167 Å². The highest BCUT2D eigenvalue weighted by Gasteiger charge is 2.50. The third-order valence-corrected chi connectivity index (χ3v) is 5.68. The summed E-state index contributed by atoms with van der Waals surface area (Å²) in [6.45, 7) is 3.50. The van der Waals surface area contributed by atoms with Crippen LogP contribution in [0.2, 0.25) is 0 Å². The van der Waals surface area contributed by atoms with E-state index in [1.807, 2.05) is 25.1 Å². The molecule has 29 heavy (non-hydrogen) atoms. The zero-order chi connectivity index (χ0) is 20.8. The molecule has 1 aliphatic carbocycles. The van der Waals surface area contributed by atoms with E-state index in [1.165, 1.54) is 12.1 Å². The third-order valence-electron chi connectivity index (χ3n) is 5.68. The molecule has 1 aliphatic rings. The van der Waals surface area contributed by atoms with Gasteiger partial charge in [-0.15, -0.1) is 0 Å². The minimum Gasteiger partial charge on any atom is -0.508 e. The lowest BCUT2D eigenvalue weighted by molar-refractivity contribution is -0.130. The number of H-pyrrole nitrogens is 2. The number of anilines is 1. The number of aromatic nitrogens is 2. The van der Waals surface area contributed by atoms with Gasteiger partial charge in [0.25, 0.3) is 5.56 Å². The molecule has 0 unspecified atom stereocenters. The van der Waals surface area contributed by atoms with Gasteiger partial charge in [-0.05, 0) is 43.2 Å². The summed E-state index contributed by atoms with van der Waals surface area (Å²) in [6.07, 6.45) is 0.140. The number of aromatic hydroxyl groups is 1. The van der Waals surface area contributed by atoms with E-state index >= 15 is 0 Å². The number of carbonyl (C=O) groups excluding carboxylic acids is 1. The summed E-state index contributed by atoms with van der Waals surface area (Å²) in [4.78, 5) is 25.9. The van der Waals surface area contributed by atoms with Crippen molar-refractivity contribution in [2.45, 2.75) is 31.8 Å². The molecule has 7 nitrogen and oxygen atoms in total. The number of amides is 1. The van der Waals surface area contributed by atoms with Gasteiger partial charge in [-0.2, -0.15) is 0 Å². The molecular weight excluding hydrogens is 370 g/mol. The minimum absolute atomic E-state index is 0.0837. The standard InChI is InChI=1S/C22H23N3O4/c1-12-5-3-4-6-15(12)23-21(28)19-17(13-7-9-14(26)10-8-13)18-16(11-22(19,2)29)24-25-20(18)27/h3-10,17,19,26,29H,11H2,1-2H3,(H,23,28)(H2,24,25,27)/t17-,19+,22-/m1/s1. The smallest absolute Gasteiger partial charge is 0.267 e. The summed E-state index contributed by atoms with van der Waals surface area (Å²) in [5, 5.41) is 29.2. The molecule has 1 amide bonds. The first kappa shape index (κ1) is 19.0. The fourth-order valence-corrected chi connectivity index (χ4v) is 4.26. The molecule has 0 spiro atoms. The van der Waals surface area contributed by atoms with E-state index in [9.17, 15) is 19.8 Å². The number of nitrogens with one attached hydrogen (secondary N) is 3. The molecule has 3 aromatic rings. The second-order valence-corrected chi connectivity index (χ2v) is 7.86. The highest BCUT2D eigenvalue weighted by molar-refractivity contribution is 5.95. The van der Waals surface area contributed by atoms with Crippen molar-refractivity contribution in [1.29, 1.82) is 0 Å². The fourth-order valence-electron chi connectivity index (χ4n) is 4.26. The zero-order valence-corrected chi connectivity index (χ0v) is 16.2. The molecule has 0 bridgehead atoms. The van der Waals surface area contributed by atoms with E-state index in [1.54, 1.807) is 25.1 Å². The van der Waals surface area contributed by atoms with Gasteiger partial charge in [0.1, 0.15) is 5.75 Å². The zero-order valence-electron chi connectivity index (χ0n) is 16.2. The molecule has 3 atom stereocenters. The maximum absolute atomic E-state index is 13.4. The van der Waals surface area contributed by atoms with E-state index in [-0.39, 0.29) is 23.6 Å². The van der Waals surface area contributed by atoms with Gasteiger partial charge in [0.05, 0.1) is 11.5 Å². The molecule has 7 heteroatoms. The summed E-state index contributed by atoms with van der Waals surface area (Å²) < 4.78 is 0. The second kappa shape index (κ2) is 6.93. The number of aliphatic hydroxyl groups is 1. The molecular formula is C22H23N3O4. The van der Waals surface area contributed by atoms with Gasteiger partial charge in [0.15, 0.2) is 0 Å². The van der Waals surface area contributed by atoms with Crippen molar-refractivity contribution in [3.63, 3.8) is 0 Å². The number of hydrogen-bond acceptors (Lipinski definition) is 4. The number of phenolic OH excluding ortho intramolecular Hbond substituents is 1. The van der Waals surface area contributed by atoms with E-state index in [0.29, 0.717) is 22.5 Å². The van der Waals surface area contributed by atoms with Crippen LogP contribution in [0.5, 0.6) is 5.75 Å². The number of rotatable bonds is 3. The van der Waals surface area contributed by atoms with Crippen LogP contribution in [-0.2, 0) is 11.2 Å². The Morgan fingerprint density at radius 1 is 1.14 bits per heavy atom. The summed E-state index contributed by atoms with van der Waals surface area (Å²) in [5.74, 6) is -1.86. The van der Waals surface area contributed by atoms with Crippen LogP contribution in [0.15, 0.2) is 53.3 Å². The highest BCUT2D eigenvalue weighted by atomic mass is 16.3. The van der Waals surface area contributed by atoms with E-state index in [2.05, 4.69) is 15.5 Å².